The zero-order chi connectivity index (χ0) is 22.7. The molecule has 0 radical (unpaired) electrons. The van der Waals surface area contributed by atoms with Gasteiger partial charge in [-0.05, 0) is 33.6 Å². The van der Waals surface area contributed by atoms with E-state index in [0.29, 0.717) is 39.2 Å². The summed E-state index contributed by atoms with van der Waals surface area (Å²) in [5.41, 5.74) is 2.22. The lowest BCUT2D eigenvalue weighted by Gasteiger charge is -2.19. The minimum absolute atomic E-state index is 0.00198. The smallest absolute Gasteiger partial charge is 0.414 e. The molecule has 2 heterocycles. The summed E-state index contributed by atoms with van der Waals surface area (Å²) in [5, 5.41) is 15.1. The number of nitrogens with zero attached hydrogens (tertiary/aromatic N) is 5. The Morgan fingerprint density at radius 2 is 1.94 bits per heavy atom. The summed E-state index contributed by atoms with van der Waals surface area (Å²) in [6, 6.07) is 15.0. The molecule has 4 rings (SSSR count). The molecular formula is C22H20BrN5O4. The monoisotopic (exact) mass is 497 g/mol. The molecule has 1 N–H and O–H groups in total. The summed E-state index contributed by atoms with van der Waals surface area (Å²) in [5.74, 6) is 1.16. The largest absolute Gasteiger partial charge is 0.497 e. The van der Waals surface area contributed by atoms with Gasteiger partial charge in [0.2, 0.25) is 5.95 Å². The number of amides is 1. The van der Waals surface area contributed by atoms with Crippen LogP contribution in [0.1, 0.15) is 11.1 Å². The Hall–Kier alpha value is -3.66. The number of hydrogen-bond acceptors (Lipinski definition) is 6. The number of methoxy groups -OCH3 is 2. The fourth-order valence-electron chi connectivity index (χ4n) is 3.29. The van der Waals surface area contributed by atoms with Gasteiger partial charge >= 0.3 is 6.09 Å². The Kier molecular flexibility index (Phi) is 6.22. The Morgan fingerprint density at radius 3 is 2.62 bits per heavy atom. The highest BCUT2D eigenvalue weighted by molar-refractivity contribution is 9.10. The Bertz CT molecular complexity index is 1260. The fourth-order valence-corrected chi connectivity index (χ4v) is 3.76. The summed E-state index contributed by atoms with van der Waals surface area (Å²) < 4.78 is 12.9. The second kappa shape index (κ2) is 9.23. The molecule has 0 bridgehead atoms. The first-order chi connectivity index (χ1) is 15.5. The average molecular weight is 498 g/mol. The maximum absolute atomic E-state index is 12.1. The van der Waals surface area contributed by atoms with Crippen LogP contribution in [0.3, 0.4) is 0 Å². The lowest BCUT2D eigenvalue weighted by molar-refractivity contribution is 0.201. The predicted molar refractivity (Wildman–Crippen MR) is 122 cm³/mol. The highest BCUT2D eigenvalue weighted by Gasteiger charge is 2.22. The molecule has 0 unspecified atom stereocenters. The summed E-state index contributed by atoms with van der Waals surface area (Å²) >= 11 is 3.44. The number of benzene rings is 2. The molecule has 164 valence electrons. The van der Waals surface area contributed by atoms with E-state index in [-0.39, 0.29) is 12.5 Å². The third-order valence-corrected chi connectivity index (χ3v) is 5.49. The molecular weight excluding hydrogens is 478 g/mol. The van der Waals surface area contributed by atoms with E-state index in [1.54, 1.807) is 36.2 Å². The van der Waals surface area contributed by atoms with Crippen molar-refractivity contribution in [2.24, 2.45) is 0 Å². The van der Waals surface area contributed by atoms with E-state index in [0.717, 1.165) is 10.5 Å². The van der Waals surface area contributed by atoms with Gasteiger partial charge in [0, 0.05) is 17.8 Å². The van der Waals surface area contributed by atoms with Crippen molar-refractivity contribution in [1.29, 1.82) is 0 Å². The number of rotatable bonds is 7. The minimum atomic E-state index is -1.18. The first-order valence-electron chi connectivity index (χ1n) is 9.64. The van der Waals surface area contributed by atoms with E-state index in [1.165, 1.54) is 7.11 Å². The van der Waals surface area contributed by atoms with Crippen LogP contribution < -0.4 is 14.4 Å². The van der Waals surface area contributed by atoms with E-state index < -0.39 is 6.09 Å². The number of halogens is 1. The van der Waals surface area contributed by atoms with E-state index >= 15 is 0 Å². The summed E-state index contributed by atoms with van der Waals surface area (Å²) in [6.07, 6.45) is 0.382. The van der Waals surface area contributed by atoms with Gasteiger partial charge in [-0.15, -0.1) is 0 Å². The van der Waals surface area contributed by atoms with Gasteiger partial charge in [-0.3, -0.25) is 0 Å². The van der Waals surface area contributed by atoms with Crippen LogP contribution >= 0.6 is 15.9 Å². The highest BCUT2D eigenvalue weighted by atomic mass is 79.9. The van der Waals surface area contributed by atoms with Crippen LogP contribution in [0.15, 0.2) is 59.3 Å². The first-order valence-corrected chi connectivity index (χ1v) is 10.4. The van der Waals surface area contributed by atoms with E-state index in [2.05, 4.69) is 31.0 Å². The van der Waals surface area contributed by atoms with Crippen LogP contribution in [-0.4, -0.2) is 45.2 Å². The van der Waals surface area contributed by atoms with Crippen LogP contribution in [0.5, 0.6) is 11.5 Å². The molecule has 9 nitrogen and oxygen atoms in total. The van der Waals surface area contributed by atoms with Crippen LogP contribution in [-0.2, 0) is 13.1 Å². The van der Waals surface area contributed by atoms with Crippen molar-refractivity contribution >= 4 is 39.0 Å². The van der Waals surface area contributed by atoms with Gasteiger partial charge in [0.25, 0.3) is 0 Å². The maximum atomic E-state index is 12.1. The number of aromatic nitrogens is 4. The molecule has 2 aromatic carbocycles. The van der Waals surface area contributed by atoms with Gasteiger partial charge in [-0.2, -0.15) is 10.1 Å². The zero-order valence-corrected chi connectivity index (χ0v) is 19.0. The van der Waals surface area contributed by atoms with E-state index in [4.69, 9.17) is 9.47 Å². The predicted octanol–water partition coefficient (Wildman–Crippen LogP) is 4.34. The van der Waals surface area contributed by atoms with E-state index in [9.17, 15) is 9.90 Å². The average Bonchev–Trinajstić information content (AvgIpc) is 3.12. The molecule has 1 amide bonds. The highest BCUT2D eigenvalue weighted by Crippen LogP contribution is 2.28. The molecule has 0 aliphatic carbocycles. The third-order valence-electron chi connectivity index (χ3n) is 4.90. The number of anilines is 1. The lowest BCUT2D eigenvalue weighted by atomic mass is 10.2. The Labute approximate surface area is 192 Å². The summed E-state index contributed by atoms with van der Waals surface area (Å²) in [4.78, 5) is 22.0. The van der Waals surface area contributed by atoms with Crippen molar-refractivity contribution in [3.63, 3.8) is 0 Å². The molecule has 0 spiro atoms. The molecule has 10 heteroatoms. The quantitative estimate of drug-likeness (QED) is 0.405. The number of carboxylic acid groups (broad SMARTS) is 1. The standard InChI is InChI=1S/C22H20BrN5O4/c1-31-16-9-8-15(18(10-16)32-2)13-27(22(29)30)21-24-11-17-19(23)26-28(20(17)25-21)12-14-6-4-3-5-7-14/h3-11H,12-13H2,1-2H3,(H,29,30). The zero-order valence-electron chi connectivity index (χ0n) is 17.4. The van der Waals surface area contributed by atoms with Gasteiger partial charge in [0.1, 0.15) is 16.1 Å². The lowest BCUT2D eigenvalue weighted by Crippen LogP contribution is -2.30. The fraction of sp³-hybridized carbons (Fsp3) is 0.182. The van der Waals surface area contributed by atoms with Crippen LogP contribution in [0.25, 0.3) is 11.0 Å². The van der Waals surface area contributed by atoms with Crippen molar-refractivity contribution in [2.75, 3.05) is 19.1 Å². The summed E-state index contributed by atoms with van der Waals surface area (Å²) in [7, 11) is 3.07. The third kappa shape index (κ3) is 4.35. The molecule has 0 aliphatic rings. The number of carbonyl (C=O) groups is 1. The van der Waals surface area contributed by atoms with Crippen molar-refractivity contribution in [3.8, 4) is 11.5 Å². The SMILES string of the molecule is COc1ccc(CN(C(=O)O)c2ncc3c(Br)nn(Cc4ccccc4)c3n2)c(OC)c1. The second-order valence-electron chi connectivity index (χ2n) is 6.89. The molecule has 0 atom stereocenters. The van der Waals surface area contributed by atoms with Crippen LogP contribution in [0, 0.1) is 0 Å². The normalized spacial score (nSPS) is 10.8. The van der Waals surface area contributed by atoms with Crippen LogP contribution in [0.2, 0.25) is 0 Å². The van der Waals surface area contributed by atoms with Crippen molar-refractivity contribution < 1.29 is 19.4 Å². The molecule has 2 aromatic heterocycles. The molecule has 0 fully saturated rings. The number of fused-ring (bicyclic) bond motifs is 1. The molecule has 0 saturated heterocycles. The van der Waals surface area contributed by atoms with Crippen molar-refractivity contribution in [1.82, 2.24) is 19.7 Å². The van der Waals surface area contributed by atoms with Gasteiger partial charge in [0.05, 0.1) is 32.7 Å². The van der Waals surface area contributed by atoms with E-state index in [1.807, 2.05) is 30.3 Å². The van der Waals surface area contributed by atoms with Gasteiger partial charge in [-0.25, -0.2) is 19.4 Å². The molecule has 32 heavy (non-hydrogen) atoms. The van der Waals surface area contributed by atoms with Gasteiger partial charge in [-0.1, -0.05) is 30.3 Å². The van der Waals surface area contributed by atoms with Gasteiger partial charge in [0.15, 0.2) is 5.65 Å². The van der Waals surface area contributed by atoms with Crippen molar-refractivity contribution in [2.45, 2.75) is 13.1 Å². The van der Waals surface area contributed by atoms with Crippen LogP contribution in [0.4, 0.5) is 10.7 Å². The second-order valence-corrected chi connectivity index (χ2v) is 7.64. The first kappa shape index (κ1) is 21.6. The summed E-state index contributed by atoms with van der Waals surface area (Å²) in [6.45, 7) is 0.487. The number of hydrogen-bond donors (Lipinski definition) is 1. The Morgan fingerprint density at radius 1 is 1.16 bits per heavy atom. The Balaban J connectivity index is 1.71. The number of ether oxygens (including phenoxy) is 2. The van der Waals surface area contributed by atoms with Crippen molar-refractivity contribution in [3.05, 3.63) is 70.5 Å². The molecule has 4 aromatic rings. The minimum Gasteiger partial charge on any atom is -0.497 e. The molecule has 0 saturated carbocycles. The topological polar surface area (TPSA) is 103 Å². The van der Waals surface area contributed by atoms with Gasteiger partial charge < -0.3 is 14.6 Å². The maximum Gasteiger partial charge on any atom is 0.414 e. The molecule has 0 aliphatic heterocycles.